The van der Waals surface area contributed by atoms with Gasteiger partial charge in [-0.15, -0.1) is 0 Å². The molecule has 35 heavy (non-hydrogen) atoms. The normalized spacial score (nSPS) is 12.4. The SMILES string of the molecule is CC(C)(C)c1ccc(C(=O)Nc2cccc(NC(=S)NC(=O)c3ccc4c(c3)OCCO4)c2)cc1. The summed E-state index contributed by atoms with van der Waals surface area (Å²) in [6.45, 7) is 7.31. The zero-order valence-corrected chi connectivity index (χ0v) is 20.6. The molecule has 0 unspecified atom stereocenters. The third kappa shape index (κ3) is 6.16. The van der Waals surface area contributed by atoms with Gasteiger partial charge < -0.3 is 20.1 Å². The first-order valence-corrected chi connectivity index (χ1v) is 11.6. The maximum Gasteiger partial charge on any atom is 0.257 e. The number of amides is 2. The monoisotopic (exact) mass is 489 g/mol. The molecule has 0 saturated heterocycles. The van der Waals surface area contributed by atoms with E-state index in [1.807, 2.05) is 24.3 Å². The number of nitrogens with one attached hydrogen (secondary N) is 3. The highest BCUT2D eigenvalue weighted by molar-refractivity contribution is 7.80. The summed E-state index contributed by atoms with van der Waals surface area (Å²) in [6, 6.07) is 19.6. The Labute approximate surface area is 209 Å². The predicted octanol–water partition coefficient (Wildman–Crippen LogP) is 5.13. The van der Waals surface area contributed by atoms with Crippen LogP contribution in [-0.2, 0) is 5.41 Å². The molecule has 1 aliphatic rings. The van der Waals surface area contributed by atoms with Crippen LogP contribution in [0.4, 0.5) is 11.4 Å². The van der Waals surface area contributed by atoms with Crippen molar-refractivity contribution < 1.29 is 19.1 Å². The standard InChI is InChI=1S/C27H27N3O4S/c1-27(2,3)19-10-7-17(8-11-19)24(31)28-20-5-4-6-21(16-20)29-26(35)30-25(32)18-9-12-22-23(15-18)34-14-13-33-22/h4-12,15-16H,13-14H2,1-3H3,(H,28,31)(H2,29,30,32,35). The molecule has 3 aromatic rings. The largest absolute Gasteiger partial charge is 0.486 e. The maximum atomic E-state index is 12.7. The third-order valence-corrected chi connectivity index (χ3v) is 5.63. The highest BCUT2D eigenvalue weighted by Gasteiger charge is 2.16. The predicted molar refractivity (Wildman–Crippen MR) is 141 cm³/mol. The molecule has 0 atom stereocenters. The van der Waals surface area contributed by atoms with Crippen molar-refractivity contribution in [2.45, 2.75) is 26.2 Å². The number of rotatable bonds is 4. The smallest absolute Gasteiger partial charge is 0.257 e. The second kappa shape index (κ2) is 10.1. The van der Waals surface area contributed by atoms with Crippen LogP contribution in [0, 0.1) is 0 Å². The van der Waals surface area contributed by atoms with Crippen LogP contribution in [0.5, 0.6) is 11.5 Å². The molecule has 1 heterocycles. The highest BCUT2D eigenvalue weighted by atomic mass is 32.1. The number of thiocarbonyl (C=S) groups is 1. The van der Waals surface area contributed by atoms with Gasteiger partial charge in [-0.3, -0.25) is 14.9 Å². The number of fused-ring (bicyclic) bond motifs is 1. The minimum Gasteiger partial charge on any atom is -0.486 e. The zero-order chi connectivity index (χ0) is 25.0. The van der Waals surface area contributed by atoms with Crippen LogP contribution in [0.1, 0.15) is 47.1 Å². The van der Waals surface area contributed by atoms with Crippen molar-refractivity contribution in [2.75, 3.05) is 23.8 Å². The Morgan fingerprint density at radius 1 is 0.771 bits per heavy atom. The highest BCUT2D eigenvalue weighted by Crippen LogP contribution is 2.30. The molecule has 0 aliphatic carbocycles. The van der Waals surface area contributed by atoms with Gasteiger partial charge >= 0.3 is 0 Å². The first kappa shape index (κ1) is 24.2. The van der Waals surface area contributed by atoms with Gasteiger partial charge in [-0.25, -0.2) is 0 Å². The molecular weight excluding hydrogens is 462 g/mol. The Kier molecular flexibility index (Phi) is 7.02. The quantitative estimate of drug-likeness (QED) is 0.440. The lowest BCUT2D eigenvalue weighted by molar-refractivity contribution is 0.0975. The number of hydrogen-bond donors (Lipinski definition) is 3. The van der Waals surface area contributed by atoms with Crippen molar-refractivity contribution in [1.82, 2.24) is 5.32 Å². The van der Waals surface area contributed by atoms with Crippen LogP contribution < -0.4 is 25.4 Å². The van der Waals surface area contributed by atoms with Crippen LogP contribution in [0.3, 0.4) is 0 Å². The number of carbonyl (C=O) groups is 2. The molecule has 0 radical (unpaired) electrons. The van der Waals surface area contributed by atoms with E-state index < -0.39 is 0 Å². The van der Waals surface area contributed by atoms with Gasteiger partial charge in [0.05, 0.1) is 0 Å². The molecule has 180 valence electrons. The van der Waals surface area contributed by atoms with Crippen molar-refractivity contribution in [3.8, 4) is 11.5 Å². The number of benzene rings is 3. The Balaban J connectivity index is 1.36. The molecule has 0 spiro atoms. The van der Waals surface area contributed by atoms with Crippen LogP contribution in [0.25, 0.3) is 0 Å². The number of anilines is 2. The van der Waals surface area contributed by atoms with Crippen molar-refractivity contribution >= 4 is 40.5 Å². The summed E-state index contributed by atoms with van der Waals surface area (Å²) in [5.74, 6) is 0.552. The van der Waals surface area contributed by atoms with Gasteiger partial charge in [0, 0.05) is 22.5 Å². The molecule has 2 amide bonds. The molecule has 3 aromatic carbocycles. The van der Waals surface area contributed by atoms with E-state index in [1.165, 1.54) is 0 Å². The molecular formula is C27H27N3O4S. The average molecular weight is 490 g/mol. The van der Waals surface area contributed by atoms with Gasteiger partial charge in [0.2, 0.25) is 0 Å². The minimum absolute atomic E-state index is 0.0188. The molecule has 8 heteroatoms. The third-order valence-electron chi connectivity index (χ3n) is 5.42. The summed E-state index contributed by atoms with van der Waals surface area (Å²) in [5.41, 5.74) is 3.37. The van der Waals surface area contributed by atoms with E-state index in [1.54, 1.807) is 42.5 Å². The zero-order valence-electron chi connectivity index (χ0n) is 19.8. The van der Waals surface area contributed by atoms with Gasteiger partial charge in [-0.2, -0.15) is 0 Å². The second-order valence-corrected chi connectivity index (χ2v) is 9.54. The molecule has 4 rings (SSSR count). The molecule has 7 nitrogen and oxygen atoms in total. The topological polar surface area (TPSA) is 88.7 Å². The molecule has 1 aliphatic heterocycles. The Morgan fingerprint density at radius 2 is 1.40 bits per heavy atom. The first-order valence-electron chi connectivity index (χ1n) is 11.2. The molecule has 0 saturated carbocycles. The Hall–Kier alpha value is -3.91. The van der Waals surface area contributed by atoms with Gasteiger partial charge in [-0.1, -0.05) is 39.0 Å². The van der Waals surface area contributed by atoms with Crippen LogP contribution in [-0.4, -0.2) is 30.1 Å². The van der Waals surface area contributed by atoms with E-state index in [0.717, 1.165) is 5.56 Å². The lowest BCUT2D eigenvalue weighted by atomic mass is 9.87. The summed E-state index contributed by atoms with van der Waals surface area (Å²) in [4.78, 5) is 25.3. The summed E-state index contributed by atoms with van der Waals surface area (Å²) in [7, 11) is 0. The lowest BCUT2D eigenvalue weighted by Gasteiger charge is -2.19. The molecule has 0 aromatic heterocycles. The summed E-state index contributed by atoms with van der Waals surface area (Å²) in [5, 5.41) is 8.65. The van der Waals surface area contributed by atoms with Crippen LogP contribution in [0.15, 0.2) is 66.7 Å². The van der Waals surface area contributed by atoms with E-state index in [9.17, 15) is 9.59 Å². The van der Waals surface area contributed by atoms with Gasteiger partial charge in [-0.05, 0) is 71.7 Å². The van der Waals surface area contributed by atoms with E-state index in [4.69, 9.17) is 21.7 Å². The van der Waals surface area contributed by atoms with Crippen molar-refractivity contribution in [1.29, 1.82) is 0 Å². The number of hydrogen-bond acceptors (Lipinski definition) is 5. The van der Waals surface area contributed by atoms with Gasteiger partial charge in [0.25, 0.3) is 11.8 Å². The van der Waals surface area contributed by atoms with E-state index in [0.29, 0.717) is 47.2 Å². The molecule has 0 fully saturated rings. The number of ether oxygens (including phenoxy) is 2. The first-order chi connectivity index (χ1) is 16.7. The van der Waals surface area contributed by atoms with Crippen molar-refractivity contribution in [3.05, 3.63) is 83.4 Å². The van der Waals surface area contributed by atoms with E-state index in [2.05, 4.69) is 36.7 Å². The van der Waals surface area contributed by atoms with E-state index >= 15 is 0 Å². The molecule has 0 bridgehead atoms. The summed E-state index contributed by atoms with van der Waals surface area (Å²) >= 11 is 5.30. The fraction of sp³-hybridized carbons (Fsp3) is 0.222. The fourth-order valence-corrected chi connectivity index (χ4v) is 3.73. The Bertz CT molecular complexity index is 1270. The van der Waals surface area contributed by atoms with Crippen molar-refractivity contribution in [2.24, 2.45) is 0 Å². The second-order valence-electron chi connectivity index (χ2n) is 9.13. The summed E-state index contributed by atoms with van der Waals surface area (Å²) < 4.78 is 11.0. The fourth-order valence-electron chi connectivity index (χ4n) is 3.52. The van der Waals surface area contributed by atoms with Crippen LogP contribution in [0.2, 0.25) is 0 Å². The average Bonchev–Trinajstić information content (AvgIpc) is 2.83. The van der Waals surface area contributed by atoms with E-state index in [-0.39, 0.29) is 22.3 Å². The van der Waals surface area contributed by atoms with Gasteiger partial charge in [0.15, 0.2) is 16.6 Å². The van der Waals surface area contributed by atoms with Crippen molar-refractivity contribution in [3.63, 3.8) is 0 Å². The maximum absolute atomic E-state index is 12.7. The van der Waals surface area contributed by atoms with Gasteiger partial charge in [0.1, 0.15) is 13.2 Å². The lowest BCUT2D eigenvalue weighted by Crippen LogP contribution is -2.34. The molecule has 3 N–H and O–H groups in total. The minimum atomic E-state index is -0.373. The summed E-state index contributed by atoms with van der Waals surface area (Å²) in [6.07, 6.45) is 0. The Morgan fingerprint density at radius 3 is 2.09 bits per heavy atom. The van der Waals surface area contributed by atoms with Crippen LogP contribution >= 0.6 is 12.2 Å². The number of carbonyl (C=O) groups excluding carboxylic acids is 2.